The Morgan fingerprint density at radius 1 is 1.33 bits per heavy atom. The van der Waals surface area contributed by atoms with Crippen molar-refractivity contribution in [3.63, 3.8) is 0 Å². The number of ether oxygens (including phenoxy) is 2. The fourth-order valence-electron chi connectivity index (χ4n) is 1.66. The Balaban J connectivity index is 2.54. The standard InChI is InChI=1S/C14H22ClNO2/c1-3-7-16-14(11-18-9-8-17-2)12-5-4-6-13(15)10-12/h4-6,10,14,16H,3,7-9,11H2,1-2H3. The molecule has 0 heterocycles. The molecule has 0 aliphatic carbocycles. The fourth-order valence-corrected chi connectivity index (χ4v) is 1.86. The topological polar surface area (TPSA) is 30.5 Å². The van der Waals surface area contributed by atoms with Crippen molar-refractivity contribution in [2.24, 2.45) is 0 Å². The summed E-state index contributed by atoms with van der Waals surface area (Å²) >= 11 is 6.02. The number of halogens is 1. The largest absolute Gasteiger partial charge is 0.382 e. The van der Waals surface area contributed by atoms with Crippen LogP contribution in [-0.4, -0.2) is 33.5 Å². The number of methoxy groups -OCH3 is 1. The maximum Gasteiger partial charge on any atom is 0.0701 e. The van der Waals surface area contributed by atoms with Crippen LogP contribution in [0.3, 0.4) is 0 Å². The Morgan fingerprint density at radius 3 is 2.83 bits per heavy atom. The summed E-state index contributed by atoms with van der Waals surface area (Å²) in [6.45, 7) is 4.97. The third-order valence-corrected chi connectivity index (χ3v) is 2.84. The lowest BCUT2D eigenvalue weighted by atomic mass is 10.1. The van der Waals surface area contributed by atoms with Crippen LogP contribution in [0, 0.1) is 0 Å². The first-order valence-electron chi connectivity index (χ1n) is 6.33. The number of benzene rings is 1. The maximum absolute atomic E-state index is 6.02. The first-order valence-corrected chi connectivity index (χ1v) is 6.71. The predicted molar refractivity (Wildman–Crippen MR) is 75.2 cm³/mol. The van der Waals surface area contributed by atoms with Gasteiger partial charge in [0.15, 0.2) is 0 Å². The van der Waals surface area contributed by atoms with Gasteiger partial charge in [-0.3, -0.25) is 0 Å². The second-order valence-electron chi connectivity index (χ2n) is 4.13. The van der Waals surface area contributed by atoms with E-state index in [-0.39, 0.29) is 6.04 Å². The van der Waals surface area contributed by atoms with E-state index >= 15 is 0 Å². The zero-order chi connectivity index (χ0) is 13.2. The summed E-state index contributed by atoms with van der Waals surface area (Å²) in [6, 6.07) is 8.08. The molecule has 1 aromatic carbocycles. The van der Waals surface area contributed by atoms with Crippen molar-refractivity contribution in [1.29, 1.82) is 0 Å². The van der Waals surface area contributed by atoms with Gasteiger partial charge in [-0.15, -0.1) is 0 Å². The lowest BCUT2D eigenvalue weighted by Crippen LogP contribution is -2.26. The summed E-state index contributed by atoms with van der Waals surface area (Å²) in [5, 5.41) is 4.22. The Hall–Kier alpha value is -0.610. The summed E-state index contributed by atoms with van der Waals surface area (Å²) in [5.74, 6) is 0. The van der Waals surface area contributed by atoms with Gasteiger partial charge in [0.05, 0.1) is 25.9 Å². The van der Waals surface area contributed by atoms with Crippen molar-refractivity contribution >= 4 is 11.6 Å². The molecule has 0 radical (unpaired) electrons. The first-order chi connectivity index (χ1) is 8.77. The molecule has 0 amide bonds. The molecule has 102 valence electrons. The Labute approximate surface area is 114 Å². The first kappa shape index (κ1) is 15.4. The minimum Gasteiger partial charge on any atom is -0.382 e. The van der Waals surface area contributed by atoms with Crippen molar-refractivity contribution in [3.8, 4) is 0 Å². The van der Waals surface area contributed by atoms with Crippen molar-refractivity contribution in [3.05, 3.63) is 34.9 Å². The molecule has 1 unspecified atom stereocenters. The van der Waals surface area contributed by atoms with Crippen LogP contribution < -0.4 is 5.32 Å². The van der Waals surface area contributed by atoms with Crippen LogP contribution in [0.5, 0.6) is 0 Å². The van der Waals surface area contributed by atoms with Gasteiger partial charge in [0.2, 0.25) is 0 Å². The quantitative estimate of drug-likeness (QED) is 0.701. The van der Waals surface area contributed by atoms with E-state index in [1.165, 1.54) is 0 Å². The number of rotatable bonds is 9. The van der Waals surface area contributed by atoms with E-state index in [1.54, 1.807) is 7.11 Å². The Kier molecular flexibility index (Phi) is 8.01. The van der Waals surface area contributed by atoms with Gasteiger partial charge in [-0.1, -0.05) is 30.7 Å². The molecular weight excluding hydrogens is 250 g/mol. The fraction of sp³-hybridized carbons (Fsp3) is 0.571. The molecular formula is C14H22ClNO2. The predicted octanol–water partition coefficient (Wildman–Crippen LogP) is 3.04. The Bertz CT molecular complexity index is 333. The summed E-state index contributed by atoms with van der Waals surface area (Å²) in [7, 11) is 1.67. The van der Waals surface area contributed by atoms with Gasteiger partial charge in [-0.25, -0.2) is 0 Å². The summed E-state index contributed by atoms with van der Waals surface area (Å²) in [5.41, 5.74) is 1.16. The third kappa shape index (κ3) is 5.83. The van der Waals surface area contributed by atoms with Gasteiger partial charge in [0, 0.05) is 12.1 Å². The van der Waals surface area contributed by atoms with Crippen LogP contribution in [-0.2, 0) is 9.47 Å². The van der Waals surface area contributed by atoms with E-state index in [4.69, 9.17) is 21.1 Å². The smallest absolute Gasteiger partial charge is 0.0701 e. The number of hydrogen-bond donors (Lipinski definition) is 1. The second kappa shape index (κ2) is 9.34. The van der Waals surface area contributed by atoms with E-state index in [2.05, 4.69) is 18.3 Å². The van der Waals surface area contributed by atoms with Gasteiger partial charge >= 0.3 is 0 Å². The number of hydrogen-bond acceptors (Lipinski definition) is 3. The van der Waals surface area contributed by atoms with E-state index in [1.807, 2.05) is 18.2 Å². The van der Waals surface area contributed by atoms with Gasteiger partial charge in [0.1, 0.15) is 0 Å². The molecule has 1 rings (SSSR count). The van der Waals surface area contributed by atoms with Crippen LogP contribution >= 0.6 is 11.6 Å². The van der Waals surface area contributed by atoms with Crippen LogP contribution in [0.1, 0.15) is 24.9 Å². The Morgan fingerprint density at radius 2 is 2.17 bits per heavy atom. The summed E-state index contributed by atoms with van der Waals surface area (Å²) in [6.07, 6.45) is 1.09. The highest BCUT2D eigenvalue weighted by Gasteiger charge is 2.11. The van der Waals surface area contributed by atoms with E-state index < -0.39 is 0 Å². The minimum absolute atomic E-state index is 0.181. The lowest BCUT2D eigenvalue weighted by molar-refractivity contribution is 0.0586. The van der Waals surface area contributed by atoms with Crippen molar-refractivity contribution in [2.75, 3.05) is 33.5 Å². The van der Waals surface area contributed by atoms with Gasteiger partial charge < -0.3 is 14.8 Å². The van der Waals surface area contributed by atoms with Crippen LogP contribution in [0.4, 0.5) is 0 Å². The molecule has 0 aromatic heterocycles. The average Bonchev–Trinajstić information content (AvgIpc) is 2.38. The zero-order valence-corrected chi connectivity index (χ0v) is 11.9. The monoisotopic (exact) mass is 271 g/mol. The highest BCUT2D eigenvalue weighted by atomic mass is 35.5. The molecule has 4 heteroatoms. The van der Waals surface area contributed by atoms with Crippen LogP contribution in [0.25, 0.3) is 0 Å². The molecule has 0 aliphatic heterocycles. The highest BCUT2D eigenvalue weighted by Crippen LogP contribution is 2.18. The lowest BCUT2D eigenvalue weighted by Gasteiger charge is -2.19. The molecule has 1 aromatic rings. The maximum atomic E-state index is 6.02. The number of nitrogens with one attached hydrogen (secondary N) is 1. The van der Waals surface area contributed by atoms with Crippen LogP contribution in [0.15, 0.2) is 24.3 Å². The van der Waals surface area contributed by atoms with Crippen molar-refractivity contribution in [2.45, 2.75) is 19.4 Å². The molecule has 1 atom stereocenters. The summed E-state index contributed by atoms with van der Waals surface area (Å²) < 4.78 is 10.6. The molecule has 0 aliphatic rings. The highest BCUT2D eigenvalue weighted by molar-refractivity contribution is 6.30. The molecule has 0 spiro atoms. The van der Waals surface area contributed by atoms with Crippen molar-refractivity contribution < 1.29 is 9.47 Å². The van der Waals surface area contributed by atoms with E-state index in [0.29, 0.717) is 19.8 Å². The normalized spacial score (nSPS) is 12.6. The van der Waals surface area contributed by atoms with Gasteiger partial charge in [-0.2, -0.15) is 0 Å². The average molecular weight is 272 g/mol. The molecule has 0 saturated heterocycles. The summed E-state index contributed by atoms with van der Waals surface area (Å²) in [4.78, 5) is 0. The minimum atomic E-state index is 0.181. The molecule has 18 heavy (non-hydrogen) atoms. The third-order valence-electron chi connectivity index (χ3n) is 2.61. The molecule has 0 fully saturated rings. The van der Waals surface area contributed by atoms with E-state index in [0.717, 1.165) is 23.6 Å². The van der Waals surface area contributed by atoms with Gasteiger partial charge in [0.25, 0.3) is 0 Å². The zero-order valence-electron chi connectivity index (χ0n) is 11.1. The second-order valence-corrected chi connectivity index (χ2v) is 4.57. The van der Waals surface area contributed by atoms with Crippen LogP contribution in [0.2, 0.25) is 5.02 Å². The van der Waals surface area contributed by atoms with Crippen molar-refractivity contribution in [1.82, 2.24) is 5.32 Å². The molecule has 0 saturated carbocycles. The molecule has 1 N–H and O–H groups in total. The van der Waals surface area contributed by atoms with E-state index in [9.17, 15) is 0 Å². The molecule has 3 nitrogen and oxygen atoms in total. The SMILES string of the molecule is CCCNC(COCCOC)c1cccc(Cl)c1. The van der Waals surface area contributed by atoms with Gasteiger partial charge in [-0.05, 0) is 30.7 Å². The molecule has 0 bridgehead atoms.